The molecule has 24 heavy (non-hydrogen) atoms. The zero-order valence-corrected chi connectivity index (χ0v) is 13.4. The molecule has 0 aliphatic rings. The number of nitrogens with zero attached hydrogens (tertiary/aromatic N) is 1. The molecule has 1 aromatic carbocycles. The summed E-state index contributed by atoms with van der Waals surface area (Å²) in [5.41, 5.74) is 0.331. The van der Waals surface area contributed by atoms with Crippen molar-refractivity contribution < 1.29 is 13.9 Å². The molecule has 1 N–H and O–H groups in total. The van der Waals surface area contributed by atoms with Crippen molar-refractivity contribution in [2.24, 2.45) is 0 Å². The average Bonchev–Trinajstić information content (AvgIpc) is 3.04. The monoisotopic (exact) mass is 340 g/mol. The molecule has 2 heterocycles. The standard InChI is InChI=1S/C18H13FN2O2S/c1-2-9-23-14-7-3-5-13(16(14)19)11-21-17(22)15-10-12-6-4-8-20-18(12)24-15/h1,3-8,10H,9,11H2,(H,21,22). The zero-order chi connectivity index (χ0) is 16.9. The van der Waals surface area contributed by atoms with Gasteiger partial charge >= 0.3 is 0 Å². The second-order valence-corrected chi connectivity index (χ2v) is 5.94. The van der Waals surface area contributed by atoms with Crippen LogP contribution in [0.3, 0.4) is 0 Å². The van der Waals surface area contributed by atoms with Gasteiger partial charge in [-0.15, -0.1) is 17.8 Å². The molecule has 0 unspecified atom stereocenters. The molecule has 4 nitrogen and oxygen atoms in total. The van der Waals surface area contributed by atoms with Gasteiger partial charge in [-0.25, -0.2) is 9.37 Å². The van der Waals surface area contributed by atoms with E-state index in [2.05, 4.69) is 16.2 Å². The van der Waals surface area contributed by atoms with Crippen molar-refractivity contribution in [2.45, 2.75) is 6.54 Å². The summed E-state index contributed by atoms with van der Waals surface area (Å²) in [4.78, 5) is 17.8. The smallest absolute Gasteiger partial charge is 0.261 e. The van der Waals surface area contributed by atoms with E-state index in [0.717, 1.165) is 10.2 Å². The highest BCUT2D eigenvalue weighted by molar-refractivity contribution is 7.20. The van der Waals surface area contributed by atoms with Gasteiger partial charge in [-0.05, 0) is 18.2 Å². The minimum atomic E-state index is -0.522. The normalized spacial score (nSPS) is 10.3. The number of benzene rings is 1. The number of thiophene rings is 1. The zero-order valence-electron chi connectivity index (χ0n) is 12.6. The molecule has 0 fully saturated rings. The first-order valence-corrected chi connectivity index (χ1v) is 7.97. The SMILES string of the molecule is C#CCOc1cccc(CNC(=O)c2cc3cccnc3s2)c1F. The Hall–Kier alpha value is -2.91. The Balaban J connectivity index is 1.71. The minimum absolute atomic E-state index is 0.0124. The predicted molar refractivity (Wildman–Crippen MR) is 91.5 cm³/mol. The van der Waals surface area contributed by atoms with Gasteiger partial charge in [-0.3, -0.25) is 4.79 Å². The number of amides is 1. The number of halogens is 1. The van der Waals surface area contributed by atoms with Crippen molar-refractivity contribution in [3.05, 3.63) is 58.9 Å². The highest BCUT2D eigenvalue weighted by Crippen LogP contribution is 2.24. The van der Waals surface area contributed by atoms with Crippen LogP contribution in [0.2, 0.25) is 0 Å². The number of pyridine rings is 1. The second kappa shape index (κ2) is 7.11. The predicted octanol–water partition coefficient (Wildman–Crippen LogP) is 3.38. The van der Waals surface area contributed by atoms with Gasteiger partial charge < -0.3 is 10.1 Å². The fourth-order valence-electron chi connectivity index (χ4n) is 2.17. The largest absolute Gasteiger partial charge is 0.478 e. The van der Waals surface area contributed by atoms with Gasteiger partial charge in [0.05, 0.1) is 4.88 Å². The first-order chi connectivity index (χ1) is 11.7. The van der Waals surface area contributed by atoms with Gasteiger partial charge in [0.1, 0.15) is 11.4 Å². The summed E-state index contributed by atoms with van der Waals surface area (Å²) in [5, 5.41) is 3.61. The molecular formula is C18H13FN2O2S. The summed E-state index contributed by atoms with van der Waals surface area (Å²) >= 11 is 1.30. The van der Waals surface area contributed by atoms with Crippen molar-refractivity contribution in [1.29, 1.82) is 0 Å². The van der Waals surface area contributed by atoms with Crippen LogP contribution in [0.1, 0.15) is 15.2 Å². The highest BCUT2D eigenvalue weighted by Gasteiger charge is 2.13. The molecule has 0 aliphatic heterocycles. The molecule has 0 bridgehead atoms. The summed E-state index contributed by atoms with van der Waals surface area (Å²) < 4.78 is 19.4. The van der Waals surface area contributed by atoms with Gasteiger partial charge in [0.25, 0.3) is 5.91 Å². The Bertz CT molecular complexity index is 897. The number of carbonyl (C=O) groups is 1. The van der Waals surface area contributed by atoms with E-state index < -0.39 is 5.82 Å². The third-order valence-electron chi connectivity index (χ3n) is 3.31. The van der Waals surface area contributed by atoms with Crippen LogP contribution in [0.15, 0.2) is 42.6 Å². The molecular weight excluding hydrogens is 327 g/mol. The van der Waals surface area contributed by atoms with Crippen molar-refractivity contribution in [3.63, 3.8) is 0 Å². The molecule has 3 aromatic rings. The fraction of sp³-hybridized carbons (Fsp3) is 0.111. The van der Waals surface area contributed by atoms with E-state index in [1.54, 1.807) is 24.4 Å². The summed E-state index contributed by atoms with van der Waals surface area (Å²) in [6.07, 6.45) is 6.78. The lowest BCUT2D eigenvalue weighted by Gasteiger charge is -2.09. The van der Waals surface area contributed by atoms with E-state index in [-0.39, 0.29) is 24.8 Å². The Kier molecular flexibility index (Phi) is 4.73. The van der Waals surface area contributed by atoms with E-state index in [1.807, 2.05) is 12.1 Å². The Morgan fingerprint density at radius 3 is 3.04 bits per heavy atom. The van der Waals surface area contributed by atoms with E-state index in [4.69, 9.17) is 11.2 Å². The summed E-state index contributed by atoms with van der Waals surface area (Å²) in [6, 6.07) is 10.2. The molecule has 0 atom stereocenters. The van der Waals surface area contributed by atoms with Crippen LogP contribution in [-0.4, -0.2) is 17.5 Å². The van der Waals surface area contributed by atoms with Crippen LogP contribution in [0.4, 0.5) is 4.39 Å². The maximum Gasteiger partial charge on any atom is 0.261 e. The number of hydrogen-bond donors (Lipinski definition) is 1. The highest BCUT2D eigenvalue weighted by atomic mass is 32.1. The maximum absolute atomic E-state index is 14.3. The molecule has 120 valence electrons. The van der Waals surface area contributed by atoms with Gasteiger partial charge in [0.2, 0.25) is 0 Å². The molecule has 3 rings (SSSR count). The van der Waals surface area contributed by atoms with Crippen LogP contribution < -0.4 is 10.1 Å². The van der Waals surface area contributed by atoms with Crippen LogP contribution in [0.25, 0.3) is 10.2 Å². The lowest BCUT2D eigenvalue weighted by molar-refractivity contribution is 0.0954. The molecule has 0 radical (unpaired) electrons. The number of fused-ring (bicyclic) bond motifs is 1. The van der Waals surface area contributed by atoms with Crippen LogP contribution in [0, 0.1) is 18.2 Å². The number of hydrogen-bond acceptors (Lipinski definition) is 4. The third-order valence-corrected chi connectivity index (χ3v) is 4.37. The van der Waals surface area contributed by atoms with Crippen molar-refractivity contribution in [1.82, 2.24) is 10.3 Å². The Morgan fingerprint density at radius 2 is 2.25 bits per heavy atom. The van der Waals surface area contributed by atoms with Crippen molar-refractivity contribution >= 4 is 27.5 Å². The number of terminal acetylenes is 1. The number of carbonyl (C=O) groups excluding carboxylic acids is 1. The molecule has 6 heteroatoms. The number of ether oxygens (including phenoxy) is 1. The Morgan fingerprint density at radius 1 is 1.38 bits per heavy atom. The van der Waals surface area contributed by atoms with Crippen molar-refractivity contribution in [2.75, 3.05) is 6.61 Å². The summed E-state index contributed by atoms with van der Waals surface area (Å²) in [6.45, 7) is 0.0428. The van der Waals surface area contributed by atoms with Crippen LogP contribution in [-0.2, 0) is 6.54 Å². The van der Waals surface area contributed by atoms with Crippen LogP contribution >= 0.6 is 11.3 Å². The lowest BCUT2D eigenvalue weighted by atomic mass is 10.2. The van der Waals surface area contributed by atoms with Gasteiger partial charge in [0.15, 0.2) is 11.6 Å². The van der Waals surface area contributed by atoms with E-state index in [9.17, 15) is 9.18 Å². The van der Waals surface area contributed by atoms with E-state index in [0.29, 0.717) is 10.4 Å². The van der Waals surface area contributed by atoms with Gasteiger partial charge in [-0.1, -0.05) is 24.1 Å². The minimum Gasteiger partial charge on any atom is -0.478 e. The molecule has 0 saturated heterocycles. The second-order valence-electron chi connectivity index (χ2n) is 4.91. The van der Waals surface area contributed by atoms with Gasteiger partial charge in [0, 0.05) is 23.7 Å². The molecule has 0 saturated carbocycles. The van der Waals surface area contributed by atoms with E-state index in [1.165, 1.54) is 17.4 Å². The Labute approximate surface area is 142 Å². The van der Waals surface area contributed by atoms with Crippen LogP contribution in [0.5, 0.6) is 5.75 Å². The topological polar surface area (TPSA) is 51.2 Å². The molecule has 1 amide bonds. The van der Waals surface area contributed by atoms with Gasteiger partial charge in [-0.2, -0.15) is 0 Å². The first-order valence-electron chi connectivity index (χ1n) is 7.15. The fourth-order valence-corrected chi connectivity index (χ4v) is 3.09. The van der Waals surface area contributed by atoms with E-state index >= 15 is 0 Å². The molecule has 0 aliphatic carbocycles. The maximum atomic E-state index is 14.3. The van der Waals surface area contributed by atoms with Crippen molar-refractivity contribution in [3.8, 4) is 18.1 Å². The lowest BCUT2D eigenvalue weighted by Crippen LogP contribution is -2.22. The molecule has 0 spiro atoms. The third kappa shape index (κ3) is 3.36. The first kappa shape index (κ1) is 16.0. The quantitative estimate of drug-likeness (QED) is 0.725. The number of rotatable bonds is 5. The molecule has 2 aromatic heterocycles. The number of nitrogens with one attached hydrogen (secondary N) is 1. The average molecular weight is 340 g/mol. The number of aromatic nitrogens is 1. The summed E-state index contributed by atoms with van der Waals surface area (Å²) in [5.74, 6) is 1.57. The summed E-state index contributed by atoms with van der Waals surface area (Å²) in [7, 11) is 0.